The third-order valence-corrected chi connectivity index (χ3v) is 4.28. The number of nitrogens with zero attached hydrogens (tertiary/aromatic N) is 5. The van der Waals surface area contributed by atoms with Crippen LogP contribution in [0, 0.1) is 11.3 Å². The van der Waals surface area contributed by atoms with Crippen molar-refractivity contribution in [1.82, 2.24) is 25.5 Å². The normalized spacial score (nSPS) is 12.1. The molecule has 0 saturated heterocycles. The highest BCUT2D eigenvalue weighted by Gasteiger charge is 2.25. The predicted molar refractivity (Wildman–Crippen MR) is 111 cm³/mol. The van der Waals surface area contributed by atoms with Gasteiger partial charge in [0, 0.05) is 6.42 Å². The second kappa shape index (κ2) is 9.18. The molecule has 3 rings (SSSR count). The zero-order valence-corrected chi connectivity index (χ0v) is 17.2. The maximum atomic E-state index is 12.4. The first-order chi connectivity index (χ1) is 14.4. The van der Waals surface area contributed by atoms with Crippen LogP contribution in [0.3, 0.4) is 0 Å². The molecule has 0 spiro atoms. The maximum Gasteiger partial charge on any atom is 0.408 e. The Kier molecular flexibility index (Phi) is 6.42. The molecule has 0 aliphatic heterocycles. The number of benzene rings is 2. The zero-order valence-electron chi connectivity index (χ0n) is 17.2. The molecule has 0 fully saturated rings. The molecule has 8 nitrogen and oxygen atoms in total. The first-order valence-corrected chi connectivity index (χ1v) is 9.62. The summed E-state index contributed by atoms with van der Waals surface area (Å²) in [7, 11) is 0. The SMILES string of the molecule is CC(C)(C)OC(=O)N[C@@H](Cc1ccc(-c2ccccc2)cc1)c1nnnn1CC#N. The Morgan fingerprint density at radius 3 is 2.43 bits per heavy atom. The van der Waals surface area contributed by atoms with E-state index >= 15 is 0 Å². The summed E-state index contributed by atoms with van der Waals surface area (Å²) in [5.41, 5.74) is 2.59. The van der Waals surface area contributed by atoms with E-state index in [0.29, 0.717) is 12.2 Å². The van der Waals surface area contributed by atoms with Crippen molar-refractivity contribution in [3.8, 4) is 17.2 Å². The van der Waals surface area contributed by atoms with Gasteiger partial charge in [0.2, 0.25) is 0 Å². The number of hydrogen-bond donors (Lipinski definition) is 1. The molecule has 2 aromatic carbocycles. The van der Waals surface area contributed by atoms with E-state index in [9.17, 15) is 4.79 Å². The van der Waals surface area contributed by atoms with Crippen molar-refractivity contribution in [2.24, 2.45) is 0 Å². The van der Waals surface area contributed by atoms with Crippen LogP contribution in [0.25, 0.3) is 11.1 Å². The Morgan fingerprint density at radius 2 is 1.80 bits per heavy atom. The van der Waals surface area contributed by atoms with Gasteiger partial charge in [-0.15, -0.1) is 5.10 Å². The summed E-state index contributed by atoms with van der Waals surface area (Å²) in [6.45, 7) is 5.37. The van der Waals surface area contributed by atoms with Crippen LogP contribution in [0.4, 0.5) is 4.79 Å². The lowest BCUT2D eigenvalue weighted by Gasteiger charge is -2.23. The van der Waals surface area contributed by atoms with Crippen molar-refractivity contribution >= 4 is 6.09 Å². The first-order valence-electron chi connectivity index (χ1n) is 9.62. The predicted octanol–water partition coefficient (Wildman–Crippen LogP) is 3.67. The molecule has 1 aromatic heterocycles. The van der Waals surface area contributed by atoms with Crippen molar-refractivity contribution in [3.05, 3.63) is 66.0 Å². The molecule has 0 aliphatic carbocycles. The minimum absolute atomic E-state index is 0.0121. The fraction of sp³-hybridized carbons (Fsp3) is 0.318. The van der Waals surface area contributed by atoms with Crippen molar-refractivity contribution < 1.29 is 9.53 Å². The van der Waals surface area contributed by atoms with Gasteiger partial charge in [0.15, 0.2) is 5.82 Å². The van der Waals surface area contributed by atoms with Gasteiger partial charge in [-0.1, -0.05) is 54.6 Å². The van der Waals surface area contributed by atoms with Crippen LogP contribution in [0.5, 0.6) is 0 Å². The summed E-state index contributed by atoms with van der Waals surface area (Å²) in [5, 5.41) is 23.4. The molecule has 30 heavy (non-hydrogen) atoms. The molecule has 1 N–H and O–H groups in total. The molecule has 0 aliphatic rings. The average Bonchev–Trinajstić information content (AvgIpc) is 3.16. The Morgan fingerprint density at radius 1 is 1.13 bits per heavy atom. The minimum atomic E-state index is -0.634. The van der Waals surface area contributed by atoms with E-state index in [2.05, 4.69) is 33.0 Å². The van der Waals surface area contributed by atoms with Gasteiger partial charge in [0.05, 0.1) is 12.1 Å². The molecule has 1 heterocycles. The van der Waals surface area contributed by atoms with Gasteiger partial charge >= 0.3 is 6.09 Å². The Bertz CT molecular complexity index is 1020. The van der Waals surface area contributed by atoms with Crippen LogP contribution in [-0.2, 0) is 17.7 Å². The summed E-state index contributed by atoms with van der Waals surface area (Å²) in [5.74, 6) is 0.398. The van der Waals surface area contributed by atoms with Crippen LogP contribution in [-0.4, -0.2) is 31.9 Å². The molecule has 3 aromatic rings. The third-order valence-electron chi connectivity index (χ3n) is 4.28. The fourth-order valence-electron chi connectivity index (χ4n) is 3.00. The molecule has 1 atom stereocenters. The number of nitrogens with one attached hydrogen (secondary N) is 1. The van der Waals surface area contributed by atoms with Crippen molar-refractivity contribution in [3.63, 3.8) is 0 Å². The van der Waals surface area contributed by atoms with E-state index in [0.717, 1.165) is 16.7 Å². The maximum absolute atomic E-state index is 12.4. The van der Waals surface area contributed by atoms with Crippen molar-refractivity contribution in [1.29, 1.82) is 5.26 Å². The quantitative estimate of drug-likeness (QED) is 0.672. The topological polar surface area (TPSA) is 106 Å². The van der Waals surface area contributed by atoms with Crippen molar-refractivity contribution in [2.45, 2.75) is 45.4 Å². The number of hydrogen-bond acceptors (Lipinski definition) is 6. The highest BCUT2D eigenvalue weighted by Crippen LogP contribution is 2.22. The molecule has 0 radical (unpaired) electrons. The van der Waals surface area contributed by atoms with E-state index in [4.69, 9.17) is 10.00 Å². The van der Waals surface area contributed by atoms with Crippen LogP contribution >= 0.6 is 0 Å². The first kappa shape index (κ1) is 21.0. The lowest BCUT2D eigenvalue weighted by atomic mass is 10.0. The molecule has 0 bridgehead atoms. The van der Waals surface area contributed by atoms with Crippen LogP contribution in [0.1, 0.15) is 38.2 Å². The molecular formula is C22H24N6O2. The lowest BCUT2D eigenvalue weighted by molar-refractivity contribution is 0.0500. The van der Waals surface area contributed by atoms with Gasteiger partial charge in [0.1, 0.15) is 12.1 Å². The number of amides is 1. The third kappa shape index (κ3) is 5.64. The highest BCUT2D eigenvalue weighted by molar-refractivity contribution is 5.68. The summed E-state index contributed by atoms with van der Waals surface area (Å²) in [6.07, 6.45) is -0.125. The van der Waals surface area contributed by atoms with Gasteiger partial charge in [-0.3, -0.25) is 0 Å². The summed E-state index contributed by atoms with van der Waals surface area (Å²) in [6, 6.07) is 19.6. The number of carbonyl (C=O) groups is 1. The number of carbonyl (C=O) groups excluding carboxylic acids is 1. The highest BCUT2D eigenvalue weighted by atomic mass is 16.6. The Labute approximate surface area is 175 Å². The Hall–Kier alpha value is -3.73. The van der Waals surface area contributed by atoms with Crippen LogP contribution in [0.15, 0.2) is 54.6 Å². The monoisotopic (exact) mass is 404 g/mol. The van der Waals surface area contributed by atoms with Gasteiger partial charge in [-0.25, -0.2) is 9.48 Å². The fourth-order valence-corrected chi connectivity index (χ4v) is 3.00. The molecule has 1 amide bonds. The largest absolute Gasteiger partial charge is 0.444 e. The molecule has 0 unspecified atom stereocenters. The standard InChI is InChI=1S/C22H24N6O2/c1-22(2,3)30-21(29)24-19(20-25-26-27-28(20)14-13-23)15-16-9-11-18(12-10-16)17-7-5-4-6-8-17/h4-12,19H,14-15H2,1-3H3,(H,24,29)/t19-/m0/s1. The minimum Gasteiger partial charge on any atom is -0.444 e. The summed E-state index contributed by atoms with van der Waals surface area (Å²) in [4.78, 5) is 12.4. The summed E-state index contributed by atoms with van der Waals surface area (Å²) >= 11 is 0. The van der Waals surface area contributed by atoms with E-state index in [1.807, 2.05) is 48.5 Å². The number of alkyl carbamates (subject to hydrolysis) is 1. The van der Waals surface area contributed by atoms with E-state index in [-0.39, 0.29) is 6.54 Å². The average molecular weight is 404 g/mol. The van der Waals surface area contributed by atoms with Gasteiger partial charge in [-0.2, -0.15) is 5.26 Å². The number of rotatable bonds is 6. The Balaban J connectivity index is 1.82. The van der Waals surface area contributed by atoms with E-state index in [1.54, 1.807) is 20.8 Å². The number of nitriles is 1. The van der Waals surface area contributed by atoms with Gasteiger partial charge in [0.25, 0.3) is 0 Å². The number of ether oxygens (including phenoxy) is 1. The van der Waals surface area contributed by atoms with E-state index in [1.165, 1.54) is 4.68 Å². The van der Waals surface area contributed by atoms with Crippen molar-refractivity contribution in [2.75, 3.05) is 0 Å². The molecule has 0 saturated carbocycles. The second-order valence-corrected chi connectivity index (χ2v) is 7.82. The lowest BCUT2D eigenvalue weighted by Crippen LogP contribution is -2.37. The van der Waals surface area contributed by atoms with Gasteiger partial charge in [-0.05, 0) is 47.9 Å². The van der Waals surface area contributed by atoms with Crippen LogP contribution < -0.4 is 5.32 Å². The molecule has 8 heteroatoms. The second-order valence-electron chi connectivity index (χ2n) is 7.82. The molecular weight excluding hydrogens is 380 g/mol. The van der Waals surface area contributed by atoms with E-state index < -0.39 is 17.7 Å². The number of aromatic nitrogens is 4. The zero-order chi connectivity index (χ0) is 21.6. The summed E-state index contributed by atoms with van der Waals surface area (Å²) < 4.78 is 6.76. The smallest absolute Gasteiger partial charge is 0.408 e. The van der Waals surface area contributed by atoms with Crippen LogP contribution in [0.2, 0.25) is 0 Å². The number of tetrazole rings is 1. The van der Waals surface area contributed by atoms with Gasteiger partial charge < -0.3 is 10.1 Å². The molecule has 154 valence electrons.